The summed E-state index contributed by atoms with van der Waals surface area (Å²) in [6.07, 6.45) is 1.69. The average molecular weight is 243 g/mol. The fourth-order valence-corrected chi connectivity index (χ4v) is 2.12. The van der Waals surface area contributed by atoms with E-state index in [9.17, 15) is 4.79 Å². The van der Waals surface area contributed by atoms with Crippen LogP contribution in [0.2, 0.25) is 0 Å². The number of nitrogens with zero attached hydrogens (tertiary/aromatic N) is 2. The lowest BCUT2D eigenvalue weighted by Gasteiger charge is -2.28. The van der Waals surface area contributed by atoms with Crippen molar-refractivity contribution in [2.24, 2.45) is 0 Å². The minimum atomic E-state index is -0.0679. The second-order valence-corrected chi connectivity index (χ2v) is 4.73. The lowest BCUT2D eigenvalue weighted by molar-refractivity contribution is 0.0692. The van der Waals surface area contributed by atoms with Gasteiger partial charge in [-0.2, -0.15) is 0 Å². The zero-order valence-electron chi connectivity index (χ0n) is 9.49. The summed E-state index contributed by atoms with van der Waals surface area (Å²) in [6, 6.07) is 0. The van der Waals surface area contributed by atoms with Gasteiger partial charge in [0.1, 0.15) is 0 Å². The summed E-state index contributed by atoms with van der Waals surface area (Å²) in [5.41, 5.74) is 0.662. The lowest BCUT2D eigenvalue weighted by Crippen LogP contribution is -2.38. The van der Waals surface area contributed by atoms with Gasteiger partial charge in [0, 0.05) is 25.4 Å². The van der Waals surface area contributed by atoms with E-state index in [0.717, 1.165) is 12.8 Å². The molecule has 1 aromatic rings. The molecule has 0 radical (unpaired) electrons. The Labute approximate surface area is 99.6 Å². The number of aryl methyl sites for hydroxylation is 2. The van der Waals surface area contributed by atoms with Gasteiger partial charge < -0.3 is 9.32 Å². The van der Waals surface area contributed by atoms with E-state index in [0.29, 0.717) is 30.4 Å². The highest BCUT2D eigenvalue weighted by atomic mass is 35.5. The van der Waals surface area contributed by atoms with Gasteiger partial charge >= 0.3 is 0 Å². The number of alkyl halides is 1. The fourth-order valence-electron chi connectivity index (χ4n) is 1.92. The normalized spacial score (nSPS) is 17.8. The Bertz CT molecular complexity index is 395. The van der Waals surface area contributed by atoms with Crippen molar-refractivity contribution in [1.82, 2.24) is 9.88 Å². The number of carbonyl (C=O) groups excluding carboxylic acids is 1. The van der Waals surface area contributed by atoms with E-state index in [4.69, 9.17) is 16.0 Å². The maximum atomic E-state index is 12.1. The van der Waals surface area contributed by atoms with Crippen molar-refractivity contribution in [3.8, 4) is 0 Å². The molecule has 16 heavy (non-hydrogen) atoms. The smallest absolute Gasteiger partial charge is 0.291 e. The van der Waals surface area contributed by atoms with Crippen molar-refractivity contribution >= 4 is 17.5 Å². The molecule has 4 nitrogen and oxygen atoms in total. The molecule has 2 heterocycles. The zero-order chi connectivity index (χ0) is 11.7. The number of rotatable bonds is 1. The fraction of sp³-hybridized carbons (Fsp3) is 0.636. The number of amides is 1. The molecular weight excluding hydrogens is 228 g/mol. The first-order valence-electron chi connectivity index (χ1n) is 5.45. The molecule has 5 heteroatoms. The molecule has 2 rings (SSSR count). The van der Waals surface area contributed by atoms with Gasteiger partial charge in [0.25, 0.3) is 5.91 Å². The molecular formula is C11H15ClN2O2. The molecule has 0 saturated carbocycles. The van der Waals surface area contributed by atoms with Crippen molar-refractivity contribution in [3.63, 3.8) is 0 Å². The van der Waals surface area contributed by atoms with E-state index in [1.807, 2.05) is 0 Å². The van der Waals surface area contributed by atoms with Gasteiger partial charge in [-0.3, -0.25) is 4.79 Å². The molecule has 88 valence electrons. The Balaban J connectivity index is 2.10. The number of halogens is 1. The van der Waals surface area contributed by atoms with E-state index in [-0.39, 0.29) is 11.3 Å². The van der Waals surface area contributed by atoms with E-state index in [1.54, 1.807) is 18.7 Å². The first-order chi connectivity index (χ1) is 7.58. The number of carbonyl (C=O) groups is 1. The molecule has 0 aliphatic carbocycles. The van der Waals surface area contributed by atoms with Gasteiger partial charge in [-0.25, -0.2) is 4.98 Å². The number of oxazole rings is 1. The van der Waals surface area contributed by atoms with Crippen LogP contribution < -0.4 is 0 Å². The Morgan fingerprint density at radius 3 is 2.56 bits per heavy atom. The summed E-state index contributed by atoms with van der Waals surface area (Å²) in [4.78, 5) is 18.0. The monoisotopic (exact) mass is 242 g/mol. The Morgan fingerprint density at radius 2 is 2.06 bits per heavy atom. The molecule has 1 amide bonds. The average Bonchev–Trinajstić information content (AvgIpc) is 2.58. The van der Waals surface area contributed by atoms with Gasteiger partial charge in [0.15, 0.2) is 5.89 Å². The molecule has 1 aromatic heterocycles. The number of piperidine rings is 1. The molecule has 1 aliphatic heterocycles. The van der Waals surface area contributed by atoms with Crippen LogP contribution in [0.4, 0.5) is 0 Å². The molecule has 1 aliphatic rings. The predicted octanol–water partition coefficient (Wildman–Crippen LogP) is 2.13. The van der Waals surface area contributed by atoms with Crippen molar-refractivity contribution < 1.29 is 9.21 Å². The van der Waals surface area contributed by atoms with Crippen LogP contribution in [0.15, 0.2) is 4.42 Å². The zero-order valence-corrected chi connectivity index (χ0v) is 10.3. The van der Waals surface area contributed by atoms with Crippen LogP contribution in [0.25, 0.3) is 0 Å². The maximum Gasteiger partial charge on any atom is 0.291 e. The molecule has 1 saturated heterocycles. The van der Waals surface area contributed by atoms with Gasteiger partial charge in [-0.1, -0.05) is 0 Å². The third kappa shape index (κ3) is 2.21. The van der Waals surface area contributed by atoms with Crippen molar-refractivity contribution in [3.05, 3.63) is 17.3 Å². The number of hydrogen-bond donors (Lipinski definition) is 0. The van der Waals surface area contributed by atoms with E-state index in [1.165, 1.54) is 0 Å². The summed E-state index contributed by atoms with van der Waals surface area (Å²) < 4.78 is 5.32. The summed E-state index contributed by atoms with van der Waals surface area (Å²) >= 11 is 5.99. The van der Waals surface area contributed by atoms with Crippen LogP contribution in [-0.4, -0.2) is 34.3 Å². The largest absolute Gasteiger partial charge is 0.436 e. The number of likely N-dealkylation sites (tertiary alicyclic amines) is 1. The predicted molar refractivity (Wildman–Crippen MR) is 60.8 cm³/mol. The highest BCUT2D eigenvalue weighted by Gasteiger charge is 2.26. The molecule has 1 fully saturated rings. The minimum absolute atomic E-state index is 0.0679. The van der Waals surface area contributed by atoms with Gasteiger partial charge in [-0.15, -0.1) is 11.6 Å². The minimum Gasteiger partial charge on any atom is -0.436 e. The van der Waals surface area contributed by atoms with Gasteiger partial charge in [0.05, 0.1) is 5.69 Å². The van der Waals surface area contributed by atoms with Gasteiger partial charge in [0.2, 0.25) is 5.76 Å². The van der Waals surface area contributed by atoms with Crippen LogP contribution in [0.1, 0.15) is 35.0 Å². The topological polar surface area (TPSA) is 46.3 Å². The number of hydrogen-bond acceptors (Lipinski definition) is 3. The van der Waals surface area contributed by atoms with Crippen molar-refractivity contribution in [2.75, 3.05) is 13.1 Å². The molecule has 0 atom stereocenters. The van der Waals surface area contributed by atoms with E-state index < -0.39 is 0 Å². The Hall–Kier alpha value is -1.03. The summed E-state index contributed by atoms with van der Waals surface area (Å²) in [7, 11) is 0. The SMILES string of the molecule is Cc1nc(C)c(C(=O)N2CCC(Cl)CC2)o1. The second kappa shape index (κ2) is 4.45. The lowest BCUT2D eigenvalue weighted by atomic mass is 10.1. The molecule has 0 spiro atoms. The Kier molecular flexibility index (Phi) is 3.19. The van der Waals surface area contributed by atoms with Crippen molar-refractivity contribution in [1.29, 1.82) is 0 Å². The van der Waals surface area contributed by atoms with Crippen molar-refractivity contribution in [2.45, 2.75) is 32.1 Å². The Morgan fingerprint density at radius 1 is 1.44 bits per heavy atom. The van der Waals surface area contributed by atoms with Gasteiger partial charge in [-0.05, 0) is 19.8 Å². The van der Waals surface area contributed by atoms with Crippen LogP contribution in [-0.2, 0) is 0 Å². The number of aromatic nitrogens is 1. The first-order valence-corrected chi connectivity index (χ1v) is 5.89. The quantitative estimate of drug-likeness (QED) is 0.709. The third-order valence-electron chi connectivity index (χ3n) is 2.81. The second-order valence-electron chi connectivity index (χ2n) is 4.11. The summed E-state index contributed by atoms with van der Waals surface area (Å²) in [6.45, 7) is 4.94. The maximum absolute atomic E-state index is 12.1. The highest BCUT2D eigenvalue weighted by molar-refractivity contribution is 6.20. The molecule has 0 unspecified atom stereocenters. The van der Waals surface area contributed by atoms with E-state index in [2.05, 4.69) is 4.98 Å². The van der Waals surface area contributed by atoms with Crippen LogP contribution in [0.5, 0.6) is 0 Å². The van der Waals surface area contributed by atoms with Crippen LogP contribution in [0, 0.1) is 13.8 Å². The standard InChI is InChI=1S/C11H15ClN2O2/c1-7-10(16-8(2)13-7)11(15)14-5-3-9(12)4-6-14/h9H,3-6H2,1-2H3. The highest BCUT2D eigenvalue weighted by Crippen LogP contribution is 2.19. The third-order valence-corrected chi connectivity index (χ3v) is 3.25. The summed E-state index contributed by atoms with van der Waals surface area (Å²) in [5.74, 6) is 0.834. The molecule has 0 N–H and O–H groups in total. The molecule has 0 aromatic carbocycles. The van der Waals surface area contributed by atoms with Crippen LogP contribution in [0.3, 0.4) is 0 Å². The van der Waals surface area contributed by atoms with E-state index >= 15 is 0 Å². The molecule has 0 bridgehead atoms. The summed E-state index contributed by atoms with van der Waals surface area (Å²) in [5, 5.41) is 0.196. The first kappa shape index (κ1) is 11.5. The van der Waals surface area contributed by atoms with Crippen LogP contribution >= 0.6 is 11.6 Å².